The summed E-state index contributed by atoms with van der Waals surface area (Å²) in [7, 11) is 0. The van der Waals surface area contributed by atoms with Gasteiger partial charge in [-0.05, 0) is 42.5 Å². The molecule has 4 rings (SSSR count). The summed E-state index contributed by atoms with van der Waals surface area (Å²) < 4.78 is 6.74. The van der Waals surface area contributed by atoms with E-state index in [4.69, 9.17) is 16.3 Å². The number of amides is 2. The number of hydrogen-bond donors (Lipinski definition) is 1. The number of ether oxygens (including phenoxy) is 1. The molecule has 1 aliphatic rings. The van der Waals surface area contributed by atoms with Crippen LogP contribution in [0.15, 0.2) is 82.8 Å². The summed E-state index contributed by atoms with van der Waals surface area (Å²) >= 11 is 9.63. The van der Waals surface area contributed by atoms with E-state index in [1.165, 1.54) is 11.1 Å². The van der Waals surface area contributed by atoms with Gasteiger partial charge in [0.2, 0.25) is 0 Å². The van der Waals surface area contributed by atoms with Gasteiger partial charge in [-0.2, -0.15) is 0 Å². The number of para-hydroxylation sites is 1. The van der Waals surface area contributed by atoms with Crippen LogP contribution in [0.5, 0.6) is 5.75 Å². The second-order valence-corrected chi connectivity index (χ2v) is 7.86. The summed E-state index contributed by atoms with van der Waals surface area (Å²) in [5, 5.41) is 1.84. The highest BCUT2D eigenvalue weighted by Gasteiger charge is 2.34. The number of halogens is 2. The summed E-state index contributed by atoms with van der Waals surface area (Å²) in [4.78, 5) is 25.3. The fourth-order valence-corrected chi connectivity index (χ4v) is 3.58. The van der Waals surface area contributed by atoms with Gasteiger partial charge in [0, 0.05) is 20.6 Å². The predicted molar refractivity (Wildman–Crippen MR) is 120 cm³/mol. The summed E-state index contributed by atoms with van der Waals surface area (Å²) in [5.74, 6) is -0.367. The monoisotopic (exact) mass is 482 g/mol. The van der Waals surface area contributed by atoms with E-state index in [2.05, 4.69) is 21.4 Å². The number of hydrazine groups is 1. The van der Waals surface area contributed by atoms with E-state index in [0.29, 0.717) is 22.0 Å². The SMILES string of the molecule is O=C1NN(c2ccccc2)C(=O)/C1=C\c1cc(Br)ccc1OCc1ccccc1Cl. The minimum atomic E-state index is -0.471. The molecule has 0 radical (unpaired) electrons. The van der Waals surface area contributed by atoms with Crippen molar-refractivity contribution in [2.75, 3.05) is 5.01 Å². The van der Waals surface area contributed by atoms with Gasteiger partial charge in [0.05, 0.1) is 5.69 Å². The average Bonchev–Trinajstić information content (AvgIpc) is 3.03. The maximum atomic E-state index is 12.8. The van der Waals surface area contributed by atoms with E-state index in [0.717, 1.165) is 10.0 Å². The van der Waals surface area contributed by atoms with Gasteiger partial charge in [-0.3, -0.25) is 15.0 Å². The fraction of sp³-hybridized carbons (Fsp3) is 0.0435. The highest BCUT2D eigenvalue weighted by atomic mass is 79.9. The third-order valence-corrected chi connectivity index (χ3v) is 5.38. The molecule has 1 aliphatic heterocycles. The molecule has 0 aromatic heterocycles. The van der Waals surface area contributed by atoms with Crippen LogP contribution in [0.1, 0.15) is 11.1 Å². The van der Waals surface area contributed by atoms with Crippen molar-refractivity contribution in [1.29, 1.82) is 0 Å². The van der Waals surface area contributed by atoms with Gasteiger partial charge in [0.25, 0.3) is 11.8 Å². The Morgan fingerprint density at radius 2 is 1.73 bits per heavy atom. The van der Waals surface area contributed by atoms with Crippen LogP contribution in [0.3, 0.4) is 0 Å². The van der Waals surface area contributed by atoms with Gasteiger partial charge >= 0.3 is 0 Å². The average molecular weight is 484 g/mol. The van der Waals surface area contributed by atoms with Crippen LogP contribution in [0.2, 0.25) is 5.02 Å². The van der Waals surface area contributed by atoms with Crippen molar-refractivity contribution in [1.82, 2.24) is 5.43 Å². The lowest BCUT2D eigenvalue weighted by Gasteiger charge is -2.14. The molecule has 0 saturated carbocycles. The first-order chi connectivity index (χ1) is 14.5. The third-order valence-electron chi connectivity index (χ3n) is 4.52. The number of nitrogens with one attached hydrogen (secondary N) is 1. The first kappa shape index (κ1) is 20.2. The Bertz CT molecular complexity index is 1150. The quantitative estimate of drug-likeness (QED) is 0.404. The maximum Gasteiger partial charge on any atom is 0.282 e. The largest absolute Gasteiger partial charge is 0.488 e. The van der Waals surface area contributed by atoms with Gasteiger partial charge in [-0.25, -0.2) is 5.01 Å². The molecule has 0 spiro atoms. The third kappa shape index (κ3) is 4.25. The molecule has 150 valence electrons. The second kappa shape index (κ2) is 8.73. The number of carbonyl (C=O) groups excluding carboxylic acids is 2. The molecule has 3 aromatic rings. The van der Waals surface area contributed by atoms with Crippen LogP contribution in [0.25, 0.3) is 6.08 Å². The van der Waals surface area contributed by atoms with E-state index in [-0.39, 0.29) is 12.2 Å². The van der Waals surface area contributed by atoms with E-state index < -0.39 is 11.8 Å². The second-order valence-electron chi connectivity index (χ2n) is 6.54. The molecule has 5 nitrogen and oxygen atoms in total. The van der Waals surface area contributed by atoms with Crippen molar-refractivity contribution in [3.05, 3.63) is 99.0 Å². The zero-order valence-corrected chi connectivity index (χ0v) is 18.0. The van der Waals surface area contributed by atoms with E-state index >= 15 is 0 Å². The van der Waals surface area contributed by atoms with Crippen molar-refractivity contribution in [3.8, 4) is 5.75 Å². The summed E-state index contributed by atoms with van der Waals surface area (Å²) in [6.07, 6.45) is 1.54. The van der Waals surface area contributed by atoms with Crippen LogP contribution in [0.4, 0.5) is 5.69 Å². The van der Waals surface area contributed by atoms with Crippen molar-refractivity contribution in [3.63, 3.8) is 0 Å². The highest BCUT2D eigenvalue weighted by Crippen LogP contribution is 2.29. The zero-order chi connectivity index (χ0) is 21.1. The minimum Gasteiger partial charge on any atom is -0.488 e. The molecule has 3 aromatic carbocycles. The van der Waals surface area contributed by atoms with Gasteiger partial charge in [0.1, 0.15) is 17.9 Å². The molecule has 30 heavy (non-hydrogen) atoms. The number of carbonyl (C=O) groups is 2. The Kier molecular flexibility index (Phi) is 5.88. The molecular formula is C23H16BrClN2O3. The van der Waals surface area contributed by atoms with E-state index in [1.54, 1.807) is 42.5 Å². The van der Waals surface area contributed by atoms with Crippen LogP contribution in [0, 0.1) is 0 Å². The molecule has 1 N–H and O–H groups in total. The van der Waals surface area contributed by atoms with Crippen LogP contribution in [-0.2, 0) is 16.2 Å². The standard InChI is InChI=1S/C23H16BrClN2O3/c24-17-10-11-21(30-14-15-6-4-5-9-20(15)25)16(12-17)13-19-22(28)26-27(23(19)29)18-7-2-1-3-8-18/h1-13H,14H2,(H,26,28)/b19-13-. The number of nitrogens with zero attached hydrogens (tertiary/aromatic N) is 1. The van der Waals surface area contributed by atoms with Gasteiger partial charge in [-0.1, -0.05) is 63.9 Å². The smallest absolute Gasteiger partial charge is 0.282 e. The van der Waals surface area contributed by atoms with Crippen molar-refractivity contribution in [2.45, 2.75) is 6.61 Å². The first-order valence-electron chi connectivity index (χ1n) is 9.11. The number of anilines is 1. The minimum absolute atomic E-state index is 0.0274. The lowest BCUT2D eigenvalue weighted by molar-refractivity contribution is -0.117. The lowest BCUT2D eigenvalue weighted by Crippen LogP contribution is -2.35. The highest BCUT2D eigenvalue weighted by molar-refractivity contribution is 9.10. The van der Waals surface area contributed by atoms with Gasteiger partial charge in [-0.15, -0.1) is 0 Å². The topological polar surface area (TPSA) is 58.6 Å². The first-order valence-corrected chi connectivity index (χ1v) is 10.3. The molecule has 0 unspecified atom stereocenters. The lowest BCUT2D eigenvalue weighted by atomic mass is 10.1. The van der Waals surface area contributed by atoms with Crippen LogP contribution < -0.4 is 15.2 Å². The predicted octanol–water partition coefficient (Wildman–Crippen LogP) is 5.14. The molecule has 1 heterocycles. The Balaban J connectivity index is 1.63. The fourth-order valence-electron chi connectivity index (χ4n) is 3.01. The van der Waals surface area contributed by atoms with E-state index in [9.17, 15) is 9.59 Å². The Hall–Kier alpha value is -3.09. The van der Waals surface area contributed by atoms with Gasteiger partial charge < -0.3 is 4.74 Å². The molecule has 2 amide bonds. The molecule has 1 fully saturated rings. The summed E-state index contributed by atoms with van der Waals surface area (Å²) in [6, 6.07) is 21.7. The van der Waals surface area contributed by atoms with Crippen molar-refractivity contribution in [2.24, 2.45) is 0 Å². The Morgan fingerprint density at radius 1 is 1.00 bits per heavy atom. The van der Waals surface area contributed by atoms with Crippen LogP contribution >= 0.6 is 27.5 Å². The van der Waals surface area contributed by atoms with E-state index in [1.807, 2.05) is 30.3 Å². The summed E-state index contributed by atoms with van der Waals surface area (Å²) in [6.45, 7) is 0.258. The molecule has 0 bridgehead atoms. The van der Waals surface area contributed by atoms with Crippen LogP contribution in [-0.4, -0.2) is 11.8 Å². The summed E-state index contributed by atoms with van der Waals surface area (Å²) in [5.41, 5.74) is 4.65. The molecule has 7 heteroatoms. The molecule has 1 saturated heterocycles. The molecular weight excluding hydrogens is 468 g/mol. The number of hydrogen-bond acceptors (Lipinski definition) is 3. The molecule has 0 atom stereocenters. The maximum absolute atomic E-state index is 12.8. The van der Waals surface area contributed by atoms with Gasteiger partial charge in [0.15, 0.2) is 0 Å². The Morgan fingerprint density at radius 3 is 2.50 bits per heavy atom. The zero-order valence-electron chi connectivity index (χ0n) is 15.6. The number of benzene rings is 3. The van der Waals surface area contributed by atoms with Crippen molar-refractivity contribution >= 4 is 51.1 Å². The molecule has 0 aliphatic carbocycles. The number of rotatable bonds is 5. The van der Waals surface area contributed by atoms with Crippen molar-refractivity contribution < 1.29 is 14.3 Å². The Labute approximate surface area is 187 Å². The normalized spacial score (nSPS) is 14.9.